The van der Waals surface area contributed by atoms with Gasteiger partial charge >= 0.3 is 0 Å². The van der Waals surface area contributed by atoms with Gasteiger partial charge in [0.25, 0.3) is 0 Å². The first-order chi connectivity index (χ1) is 10.6. The molecule has 0 bridgehead atoms. The number of amides is 2. The zero-order valence-electron chi connectivity index (χ0n) is 12.8. The zero-order chi connectivity index (χ0) is 15.9. The van der Waals surface area contributed by atoms with Crippen LogP contribution < -0.4 is 5.32 Å². The summed E-state index contributed by atoms with van der Waals surface area (Å²) in [6.45, 7) is 2.71. The van der Waals surface area contributed by atoms with E-state index in [1.54, 1.807) is 11.8 Å². The van der Waals surface area contributed by atoms with Crippen molar-refractivity contribution < 1.29 is 9.59 Å². The van der Waals surface area contributed by atoms with E-state index < -0.39 is 6.04 Å². The maximum atomic E-state index is 12.4. The fourth-order valence-corrected chi connectivity index (χ4v) is 2.63. The number of nitrogens with one attached hydrogen (secondary N) is 1. The molecule has 1 N–H and O–H groups in total. The zero-order valence-corrected chi connectivity index (χ0v) is 12.8. The van der Waals surface area contributed by atoms with Crippen molar-refractivity contribution in [3.05, 3.63) is 35.9 Å². The van der Waals surface area contributed by atoms with Crippen molar-refractivity contribution in [2.24, 2.45) is 5.92 Å². The van der Waals surface area contributed by atoms with Crippen LogP contribution in [0.1, 0.15) is 25.3 Å². The minimum atomic E-state index is -0.401. The summed E-state index contributed by atoms with van der Waals surface area (Å²) >= 11 is 0. The number of hydrogen-bond acceptors (Lipinski definition) is 3. The number of hydrogen-bond donors (Lipinski definition) is 1. The van der Waals surface area contributed by atoms with E-state index in [0.29, 0.717) is 25.9 Å². The third-order valence-electron chi connectivity index (χ3n) is 3.88. The third kappa shape index (κ3) is 4.08. The molecule has 0 aromatic heterocycles. The van der Waals surface area contributed by atoms with Gasteiger partial charge in [-0.3, -0.25) is 9.59 Å². The van der Waals surface area contributed by atoms with Crippen molar-refractivity contribution in [1.29, 1.82) is 5.26 Å². The van der Waals surface area contributed by atoms with Crippen molar-refractivity contribution in [2.75, 3.05) is 13.1 Å². The molecular formula is C17H21N3O2. The van der Waals surface area contributed by atoms with Crippen LogP contribution in [0.4, 0.5) is 0 Å². The average Bonchev–Trinajstić information content (AvgIpc) is 3.03. The highest BCUT2D eigenvalue weighted by Gasteiger charge is 2.33. The first-order valence-corrected chi connectivity index (χ1v) is 7.62. The van der Waals surface area contributed by atoms with Crippen LogP contribution in [-0.2, 0) is 16.0 Å². The van der Waals surface area contributed by atoms with Crippen LogP contribution in [0.2, 0.25) is 0 Å². The Morgan fingerprint density at radius 3 is 2.82 bits per heavy atom. The maximum absolute atomic E-state index is 12.4. The smallest absolute Gasteiger partial charge is 0.242 e. The van der Waals surface area contributed by atoms with Gasteiger partial charge in [-0.2, -0.15) is 5.26 Å². The predicted octanol–water partition coefficient (Wildman–Crippen LogP) is 1.50. The van der Waals surface area contributed by atoms with E-state index in [0.717, 1.165) is 12.0 Å². The molecule has 2 unspecified atom stereocenters. The molecule has 2 rings (SSSR count). The highest BCUT2D eigenvalue weighted by atomic mass is 16.2. The number of rotatable bonds is 5. The second-order valence-electron chi connectivity index (χ2n) is 5.68. The molecule has 2 atom stereocenters. The molecule has 1 aromatic carbocycles. The Morgan fingerprint density at radius 1 is 1.41 bits per heavy atom. The lowest BCUT2D eigenvalue weighted by Gasteiger charge is -2.24. The molecule has 1 saturated heterocycles. The molecule has 0 spiro atoms. The Kier molecular flexibility index (Phi) is 5.54. The Bertz CT molecular complexity index is 565. The summed E-state index contributed by atoms with van der Waals surface area (Å²) in [6.07, 6.45) is 1.85. The largest absolute Gasteiger partial charge is 0.353 e. The van der Waals surface area contributed by atoms with Crippen molar-refractivity contribution in [2.45, 2.75) is 32.2 Å². The average molecular weight is 299 g/mol. The van der Waals surface area contributed by atoms with Gasteiger partial charge in [-0.15, -0.1) is 0 Å². The molecule has 22 heavy (non-hydrogen) atoms. The molecule has 2 amide bonds. The number of carbonyl (C=O) groups is 2. The van der Waals surface area contributed by atoms with Crippen LogP contribution in [0.3, 0.4) is 0 Å². The predicted molar refractivity (Wildman–Crippen MR) is 82.7 cm³/mol. The molecular weight excluding hydrogens is 278 g/mol. The molecule has 1 heterocycles. The summed E-state index contributed by atoms with van der Waals surface area (Å²) in [5.41, 5.74) is 0.955. The fourth-order valence-electron chi connectivity index (χ4n) is 2.63. The van der Waals surface area contributed by atoms with E-state index in [4.69, 9.17) is 5.26 Å². The molecule has 1 aromatic rings. The van der Waals surface area contributed by atoms with E-state index in [9.17, 15) is 9.59 Å². The Balaban J connectivity index is 1.93. The summed E-state index contributed by atoms with van der Waals surface area (Å²) in [6, 6.07) is 11.2. The van der Waals surface area contributed by atoms with Crippen LogP contribution in [0.15, 0.2) is 30.3 Å². The number of nitriles is 1. The van der Waals surface area contributed by atoms with Crippen LogP contribution in [0, 0.1) is 17.2 Å². The van der Waals surface area contributed by atoms with Gasteiger partial charge in [0, 0.05) is 13.1 Å². The van der Waals surface area contributed by atoms with Gasteiger partial charge in [0.05, 0.1) is 18.4 Å². The highest BCUT2D eigenvalue weighted by Crippen LogP contribution is 2.19. The standard InChI is InChI=1S/C17H21N3O2/c1-13(11-18)12-19-17(22)15-8-5-9-20(15)16(21)10-14-6-3-2-4-7-14/h2-4,6-7,13,15H,5,8-10,12H2,1H3,(H,19,22). The summed E-state index contributed by atoms with van der Waals surface area (Å²) in [4.78, 5) is 26.3. The summed E-state index contributed by atoms with van der Waals surface area (Å²) < 4.78 is 0. The molecule has 5 heteroatoms. The Hall–Kier alpha value is -2.35. The summed E-state index contributed by atoms with van der Waals surface area (Å²) in [5, 5.41) is 11.5. The van der Waals surface area contributed by atoms with Gasteiger partial charge in [-0.05, 0) is 25.3 Å². The SMILES string of the molecule is CC(C#N)CNC(=O)C1CCCN1C(=O)Cc1ccccc1. The van der Waals surface area contributed by atoms with Crippen molar-refractivity contribution in [3.8, 4) is 6.07 Å². The lowest BCUT2D eigenvalue weighted by Crippen LogP contribution is -2.47. The van der Waals surface area contributed by atoms with E-state index >= 15 is 0 Å². The van der Waals surface area contributed by atoms with Gasteiger partial charge in [0.2, 0.25) is 11.8 Å². The van der Waals surface area contributed by atoms with E-state index in [1.807, 2.05) is 30.3 Å². The van der Waals surface area contributed by atoms with Gasteiger partial charge in [-0.1, -0.05) is 30.3 Å². The molecule has 0 saturated carbocycles. The van der Waals surface area contributed by atoms with Crippen LogP contribution in [0.25, 0.3) is 0 Å². The van der Waals surface area contributed by atoms with Gasteiger partial charge < -0.3 is 10.2 Å². The van der Waals surface area contributed by atoms with Gasteiger partial charge in [0.1, 0.15) is 6.04 Å². The number of benzene rings is 1. The van der Waals surface area contributed by atoms with Crippen molar-refractivity contribution >= 4 is 11.8 Å². The monoisotopic (exact) mass is 299 g/mol. The summed E-state index contributed by atoms with van der Waals surface area (Å²) in [5.74, 6) is -0.392. The second kappa shape index (κ2) is 7.60. The minimum absolute atomic E-state index is 0.0165. The highest BCUT2D eigenvalue weighted by molar-refractivity contribution is 5.89. The van der Waals surface area contributed by atoms with Gasteiger partial charge in [-0.25, -0.2) is 0 Å². The van der Waals surface area contributed by atoms with Crippen LogP contribution >= 0.6 is 0 Å². The second-order valence-corrected chi connectivity index (χ2v) is 5.68. The maximum Gasteiger partial charge on any atom is 0.242 e. The molecule has 116 valence electrons. The van der Waals surface area contributed by atoms with Crippen LogP contribution in [0.5, 0.6) is 0 Å². The number of nitrogens with zero attached hydrogens (tertiary/aromatic N) is 2. The van der Waals surface area contributed by atoms with E-state index in [1.165, 1.54) is 0 Å². The van der Waals surface area contributed by atoms with E-state index in [-0.39, 0.29) is 17.7 Å². The first kappa shape index (κ1) is 16.0. The lowest BCUT2D eigenvalue weighted by molar-refractivity contribution is -0.138. The normalized spacial score (nSPS) is 18.5. The Morgan fingerprint density at radius 2 is 2.14 bits per heavy atom. The molecule has 0 aliphatic carbocycles. The summed E-state index contributed by atoms with van der Waals surface area (Å²) in [7, 11) is 0. The Labute approximate surface area is 130 Å². The van der Waals surface area contributed by atoms with Crippen LogP contribution in [-0.4, -0.2) is 35.8 Å². The lowest BCUT2D eigenvalue weighted by atomic mass is 10.1. The molecule has 5 nitrogen and oxygen atoms in total. The number of likely N-dealkylation sites (tertiary alicyclic amines) is 1. The van der Waals surface area contributed by atoms with E-state index in [2.05, 4.69) is 11.4 Å². The van der Waals surface area contributed by atoms with Crippen molar-refractivity contribution in [3.63, 3.8) is 0 Å². The minimum Gasteiger partial charge on any atom is -0.353 e. The molecule has 1 aliphatic heterocycles. The third-order valence-corrected chi connectivity index (χ3v) is 3.88. The number of carbonyl (C=O) groups excluding carboxylic acids is 2. The quantitative estimate of drug-likeness (QED) is 0.895. The van der Waals surface area contributed by atoms with Gasteiger partial charge in [0.15, 0.2) is 0 Å². The topological polar surface area (TPSA) is 73.2 Å². The fraction of sp³-hybridized carbons (Fsp3) is 0.471. The molecule has 1 fully saturated rings. The molecule has 1 aliphatic rings. The molecule has 0 radical (unpaired) electrons. The van der Waals surface area contributed by atoms with Crippen molar-refractivity contribution in [1.82, 2.24) is 10.2 Å². The first-order valence-electron chi connectivity index (χ1n) is 7.62.